The van der Waals surface area contributed by atoms with Gasteiger partial charge in [0.15, 0.2) is 0 Å². The fraction of sp³-hybridized carbons (Fsp3) is 0.385. The summed E-state index contributed by atoms with van der Waals surface area (Å²) in [5.41, 5.74) is 1.04. The van der Waals surface area contributed by atoms with Crippen LogP contribution in [0.15, 0.2) is 30.3 Å². The van der Waals surface area contributed by atoms with Crippen LogP contribution in [0.4, 0.5) is 0 Å². The number of hydrogen-bond acceptors (Lipinski definition) is 2. The Morgan fingerprint density at radius 2 is 2.00 bits per heavy atom. The van der Waals surface area contributed by atoms with Crippen molar-refractivity contribution in [3.8, 4) is 0 Å². The fourth-order valence-electron chi connectivity index (χ4n) is 1.95. The zero-order chi connectivity index (χ0) is 12.3. The van der Waals surface area contributed by atoms with Crippen LogP contribution in [-0.4, -0.2) is 29.3 Å². The van der Waals surface area contributed by atoms with Gasteiger partial charge in [-0.2, -0.15) is 0 Å². The number of hydrogen-bond donors (Lipinski definition) is 1. The molecular weight excluding hydrogens is 216 g/mol. The van der Waals surface area contributed by atoms with Crippen molar-refractivity contribution in [3.05, 3.63) is 35.9 Å². The highest BCUT2D eigenvalue weighted by Crippen LogP contribution is 2.12. The number of benzene rings is 1. The third-order valence-electron chi connectivity index (χ3n) is 3.00. The summed E-state index contributed by atoms with van der Waals surface area (Å²) in [6.45, 7) is 2.70. The van der Waals surface area contributed by atoms with E-state index in [-0.39, 0.29) is 11.8 Å². The van der Waals surface area contributed by atoms with Crippen LogP contribution in [-0.2, 0) is 16.1 Å². The van der Waals surface area contributed by atoms with Crippen LogP contribution < -0.4 is 5.32 Å². The van der Waals surface area contributed by atoms with Crippen molar-refractivity contribution in [2.75, 3.05) is 6.54 Å². The average Bonchev–Trinajstić information content (AvgIpc) is 2.45. The summed E-state index contributed by atoms with van der Waals surface area (Å²) < 4.78 is 0. The van der Waals surface area contributed by atoms with E-state index in [2.05, 4.69) is 5.32 Å². The number of carbonyl (C=O) groups is 2. The molecule has 4 nitrogen and oxygen atoms in total. The number of rotatable bonds is 2. The topological polar surface area (TPSA) is 49.4 Å². The van der Waals surface area contributed by atoms with Crippen molar-refractivity contribution in [3.63, 3.8) is 0 Å². The maximum absolute atomic E-state index is 11.9. The molecule has 1 fully saturated rings. The van der Waals surface area contributed by atoms with Crippen LogP contribution in [0.1, 0.15) is 18.9 Å². The molecule has 0 aliphatic carbocycles. The van der Waals surface area contributed by atoms with E-state index in [1.54, 1.807) is 11.8 Å². The van der Waals surface area contributed by atoms with Gasteiger partial charge in [-0.1, -0.05) is 30.3 Å². The van der Waals surface area contributed by atoms with Gasteiger partial charge in [-0.25, -0.2) is 0 Å². The van der Waals surface area contributed by atoms with Crippen molar-refractivity contribution in [1.82, 2.24) is 10.2 Å². The number of nitrogens with one attached hydrogen (secondary N) is 1. The molecule has 1 aromatic carbocycles. The van der Waals surface area contributed by atoms with Crippen molar-refractivity contribution in [1.29, 1.82) is 0 Å². The molecule has 1 atom stereocenters. The Hall–Kier alpha value is -1.84. The standard InChI is InChI=1S/C13H16N2O2/c1-10-13(17)14-8-7-12(16)15(10)9-11-5-3-2-4-6-11/h2-6,10H,7-9H2,1H3,(H,14,17). The van der Waals surface area contributed by atoms with Gasteiger partial charge in [-0.15, -0.1) is 0 Å². The normalized spacial score (nSPS) is 21.0. The summed E-state index contributed by atoms with van der Waals surface area (Å²) in [4.78, 5) is 25.2. The van der Waals surface area contributed by atoms with Crippen molar-refractivity contribution >= 4 is 11.8 Å². The molecule has 4 heteroatoms. The van der Waals surface area contributed by atoms with Gasteiger partial charge < -0.3 is 10.2 Å². The van der Waals surface area contributed by atoms with Gasteiger partial charge in [0.2, 0.25) is 11.8 Å². The molecule has 0 saturated carbocycles. The van der Waals surface area contributed by atoms with Crippen LogP contribution >= 0.6 is 0 Å². The first-order valence-electron chi connectivity index (χ1n) is 5.79. The summed E-state index contributed by atoms with van der Waals surface area (Å²) in [6, 6.07) is 9.32. The van der Waals surface area contributed by atoms with Gasteiger partial charge in [-0.05, 0) is 12.5 Å². The molecule has 1 unspecified atom stereocenters. The van der Waals surface area contributed by atoms with Gasteiger partial charge in [0.1, 0.15) is 6.04 Å². The first kappa shape index (κ1) is 11.6. The molecule has 17 heavy (non-hydrogen) atoms. The minimum atomic E-state index is -0.398. The summed E-state index contributed by atoms with van der Waals surface area (Å²) in [7, 11) is 0. The van der Waals surface area contributed by atoms with Crippen molar-refractivity contribution in [2.45, 2.75) is 25.9 Å². The minimum Gasteiger partial charge on any atom is -0.354 e. The van der Waals surface area contributed by atoms with E-state index in [9.17, 15) is 9.59 Å². The predicted octanol–water partition coefficient (Wildman–Crippen LogP) is 0.924. The van der Waals surface area contributed by atoms with Crippen molar-refractivity contribution < 1.29 is 9.59 Å². The highest BCUT2D eigenvalue weighted by molar-refractivity contribution is 5.89. The molecule has 2 rings (SSSR count). The monoisotopic (exact) mass is 232 g/mol. The molecule has 90 valence electrons. The van der Waals surface area contributed by atoms with E-state index < -0.39 is 6.04 Å². The Balaban J connectivity index is 2.16. The third kappa shape index (κ3) is 2.64. The second kappa shape index (κ2) is 4.99. The zero-order valence-corrected chi connectivity index (χ0v) is 9.85. The zero-order valence-electron chi connectivity index (χ0n) is 9.85. The second-order valence-corrected chi connectivity index (χ2v) is 4.22. The molecule has 1 N–H and O–H groups in total. The Kier molecular flexibility index (Phi) is 3.42. The average molecular weight is 232 g/mol. The van der Waals surface area contributed by atoms with Crippen molar-refractivity contribution in [2.24, 2.45) is 0 Å². The van der Waals surface area contributed by atoms with E-state index in [0.29, 0.717) is 19.5 Å². The van der Waals surface area contributed by atoms with E-state index in [4.69, 9.17) is 0 Å². The van der Waals surface area contributed by atoms with E-state index in [1.807, 2.05) is 30.3 Å². The Morgan fingerprint density at radius 3 is 2.71 bits per heavy atom. The molecule has 1 heterocycles. The third-order valence-corrected chi connectivity index (χ3v) is 3.00. The predicted molar refractivity (Wildman–Crippen MR) is 64.1 cm³/mol. The van der Waals surface area contributed by atoms with Gasteiger partial charge in [0, 0.05) is 19.5 Å². The summed E-state index contributed by atoms with van der Waals surface area (Å²) in [5, 5.41) is 2.74. The number of amides is 2. The minimum absolute atomic E-state index is 0.0275. The Labute approximate surface area is 101 Å². The lowest BCUT2D eigenvalue weighted by Crippen LogP contribution is -2.43. The highest BCUT2D eigenvalue weighted by Gasteiger charge is 2.28. The number of nitrogens with zero attached hydrogens (tertiary/aromatic N) is 1. The molecule has 2 amide bonds. The van der Waals surface area contributed by atoms with Gasteiger partial charge in [0.25, 0.3) is 0 Å². The lowest BCUT2D eigenvalue weighted by atomic mass is 10.1. The molecule has 0 radical (unpaired) electrons. The SMILES string of the molecule is CC1C(=O)NCCC(=O)N1Cc1ccccc1. The molecule has 1 aromatic rings. The Morgan fingerprint density at radius 1 is 1.29 bits per heavy atom. The molecule has 0 aromatic heterocycles. The summed E-state index contributed by atoms with van der Waals surface area (Å²) in [6.07, 6.45) is 0.378. The van der Waals surface area contributed by atoms with Crippen LogP contribution in [0.25, 0.3) is 0 Å². The maximum atomic E-state index is 11.9. The largest absolute Gasteiger partial charge is 0.354 e. The second-order valence-electron chi connectivity index (χ2n) is 4.22. The lowest BCUT2D eigenvalue weighted by Gasteiger charge is -2.25. The number of carbonyl (C=O) groups excluding carboxylic acids is 2. The van der Waals surface area contributed by atoms with E-state index in [0.717, 1.165) is 5.56 Å². The summed E-state index contributed by atoms with van der Waals surface area (Å²) >= 11 is 0. The van der Waals surface area contributed by atoms with Gasteiger partial charge in [0.05, 0.1) is 0 Å². The van der Waals surface area contributed by atoms with Crippen LogP contribution in [0.3, 0.4) is 0 Å². The first-order chi connectivity index (χ1) is 8.18. The van der Waals surface area contributed by atoms with Crippen LogP contribution in [0.2, 0.25) is 0 Å². The summed E-state index contributed by atoms with van der Waals surface area (Å²) in [5.74, 6) is -0.0496. The molecule has 1 aliphatic rings. The van der Waals surface area contributed by atoms with Crippen LogP contribution in [0.5, 0.6) is 0 Å². The lowest BCUT2D eigenvalue weighted by molar-refractivity contribution is -0.137. The smallest absolute Gasteiger partial charge is 0.242 e. The molecule has 0 spiro atoms. The van der Waals surface area contributed by atoms with Gasteiger partial charge in [-0.3, -0.25) is 9.59 Å². The van der Waals surface area contributed by atoms with E-state index in [1.165, 1.54) is 0 Å². The fourth-order valence-corrected chi connectivity index (χ4v) is 1.95. The molecule has 1 saturated heterocycles. The maximum Gasteiger partial charge on any atom is 0.242 e. The highest BCUT2D eigenvalue weighted by atomic mass is 16.2. The first-order valence-corrected chi connectivity index (χ1v) is 5.79. The van der Waals surface area contributed by atoms with Gasteiger partial charge >= 0.3 is 0 Å². The molecule has 0 bridgehead atoms. The Bertz CT molecular complexity index is 417. The van der Waals surface area contributed by atoms with Crippen LogP contribution in [0, 0.1) is 0 Å². The molecular formula is C13H16N2O2. The van der Waals surface area contributed by atoms with E-state index >= 15 is 0 Å². The quantitative estimate of drug-likeness (QED) is 0.824. The molecule has 1 aliphatic heterocycles.